The molecule has 5 heteroatoms. The molecule has 0 aromatic heterocycles. The molecule has 4 rings (SSSR count). The molecule has 1 fully saturated rings. The molecule has 1 aromatic rings. The van der Waals surface area contributed by atoms with Gasteiger partial charge in [-0.3, -0.25) is 0 Å². The summed E-state index contributed by atoms with van der Waals surface area (Å²) < 4.78 is 11.5. The average Bonchev–Trinajstić information content (AvgIpc) is 2.51. The fourth-order valence-corrected chi connectivity index (χ4v) is 5.95. The average molecular weight is 351 g/mol. The molecule has 0 spiro atoms. The van der Waals surface area contributed by atoms with Crippen LogP contribution in [-0.2, 0) is 19.1 Å². The standard InChI is InChI=1S/C16H16O4Se/c1-10-12-8-9-16(14(17)19-2,15(18)20-12)13(10)21-11-6-4-3-5-7-11/h3-10,12-13H,1-2H3/t10-,12-,13+,16+/m1/s1. The molecule has 0 radical (unpaired) electrons. The third kappa shape index (κ3) is 2.12. The number of fused-ring (bicyclic) bond motifs is 2. The SMILES string of the molecule is COC(=O)[C@@]12C=C[C@@H](OC1=O)[C@@H](C)[C@@H]2[Se]c1ccccc1. The zero-order chi connectivity index (χ0) is 15.0. The molecule has 1 aliphatic carbocycles. The van der Waals surface area contributed by atoms with E-state index in [4.69, 9.17) is 9.47 Å². The molecule has 1 saturated heterocycles. The number of hydrogen-bond donors (Lipinski definition) is 0. The molecule has 4 nitrogen and oxygen atoms in total. The molecule has 0 N–H and O–H groups in total. The van der Waals surface area contributed by atoms with Crippen molar-refractivity contribution in [3.63, 3.8) is 0 Å². The van der Waals surface area contributed by atoms with E-state index >= 15 is 0 Å². The topological polar surface area (TPSA) is 52.6 Å². The van der Waals surface area contributed by atoms with Crippen LogP contribution in [0.3, 0.4) is 0 Å². The third-order valence-electron chi connectivity index (χ3n) is 4.10. The summed E-state index contributed by atoms with van der Waals surface area (Å²) in [6.45, 7) is 2.04. The summed E-state index contributed by atoms with van der Waals surface area (Å²) >= 11 is -0.0166. The Kier molecular flexibility index (Phi) is 3.64. The molecule has 0 saturated carbocycles. The van der Waals surface area contributed by atoms with Gasteiger partial charge in [0, 0.05) is 0 Å². The number of hydrogen-bond acceptors (Lipinski definition) is 4. The first-order valence-electron chi connectivity index (χ1n) is 6.80. The van der Waals surface area contributed by atoms with Crippen molar-refractivity contribution in [1.82, 2.24) is 0 Å². The summed E-state index contributed by atoms with van der Waals surface area (Å²) in [7, 11) is 1.32. The molecule has 3 aliphatic rings. The summed E-state index contributed by atoms with van der Waals surface area (Å²) in [5, 5.41) is 0. The Morgan fingerprint density at radius 2 is 2.05 bits per heavy atom. The predicted octanol–water partition coefficient (Wildman–Crippen LogP) is 1.10. The Hall–Kier alpha value is -1.58. The van der Waals surface area contributed by atoms with E-state index in [0.717, 1.165) is 0 Å². The third-order valence-corrected chi connectivity index (χ3v) is 7.46. The molecule has 21 heavy (non-hydrogen) atoms. The normalized spacial score (nSPS) is 33.6. The van der Waals surface area contributed by atoms with Gasteiger partial charge in [0.2, 0.25) is 0 Å². The fraction of sp³-hybridized carbons (Fsp3) is 0.375. The number of methoxy groups -OCH3 is 1. The van der Waals surface area contributed by atoms with Gasteiger partial charge in [-0.1, -0.05) is 0 Å². The van der Waals surface area contributed by atoms with Gasteiger partial charge >= 0.3 is 129 Å². The molecule has 2 bridgehead atoms. The first kappa shape index (κ1) is 14.4. The zero-order valence-electron chi connectivity index (χ0n) is 11.8. The van der Waals surface area contributed by atoms with E-state index in [1.54, 1.807) is 6.08 Å². The van der Waals surface area contributed by atoms with Crippen molar-refractivity contribution >= 4 is 31.4 Å². The van der Waals surface area contributed by atoms with Gasteiger partial charge in [0.15, 0.2) is 0 Å². The van der Waals surface area contributed by atoms with Crippen molar-refractivity contribution in [2.75, 3.05) is 7.11 Å². The van der Waals surface area contributed by atoms with Crippen LogP contribution in [0.1, 0.15) is 6.92 Å². The molecule has 0 unspecified atom stereocenters. The number of carbonyl (C=O) groups excluding carboxylic acids is 2. The van der Waals surface area contributed by atoms with Crippen molar-refractivity contribution in [1.29, 1.82) is 0 Å². The monoisotopic (exact) mass is 352 g/mol. The Bertz CT molecular complexity index is 598. The van der Waals surface area contributed by atoms with E-state index in [1.807, 2.05) is 43.3 Å². The van der Waals surface area contributed by atoms with Crippen molar-refractivity contribution in [3.8, 4) is 0 Å². The number of carbonyl (C=O) groups is 2. The van der Waals surface area contributed by atoms with E-state index in [2.05, 4.69) is 0 Å². The van der Waals surface area contributed by atoms with Crippen LogP contribution < -0.4 is 4.46 Å². The Balaban J connectivity index is 2.02. The van der Waals surface area contributed by atoms with Crippen molar-refractivity contribution in [2.45, 2.75) is 17.8 Å². The van der Waals surface area contributed by atoms with Crippen molar-refractivity contribution in [3.05, 3.63) is 42.5 Å². The number of esters is 2. The van der Waals surface area contributed by atoms with Gasteiger partial charge in [-0.15, -0.1) is 0 Å². The summed E-state index contributed by atoms with van der Waals surface area (Å²) in [4.78, 5) is 24.6. The Morgan fingerprint density at radius 3 is 2.67 bits per heavy atom. The van der Waals surface area contributed by atoms with Gasteiger partial charge in [0.25, 0.3) is 0 Å². The van der Waals surface area contributed by atoms with E-state index < -0.39 is 17.4 Å². The van der Waals surface area contributed by atoms with Crippen LogP contribution in [0.15, 0.2) is 42.5 Å². The van der Waals surface area contributed by atoms with Crippen molar-refractivity contribution in [2.24, 2.45) is 11.3 Å². The van der Waals surface area contributed by atoms with E-state index in [1.165, 1.54) is 11.6 Å². The van der Waals surface area contributed by atoms with Gasteiger partial charge in [-0.2, -0.15) is 0 Å². The molecule has 2 heterocycles. The predicted molar refractivity (Wildman–Crippen MR) is 78.2 cm³/mol. The van der Waals surface area contributed by atoms with Gasteiger partial charge < -0.3 is 0 Å². The van der Waals surface area contributed by atoms with Crippen LogP contribution in [0.25, 0.3) is 0 Å². The summed E-state index contributed by atoms with van der Waals surface area (Å²) in [6, 6.07) is 9.98. The first-order valence-corrected chi connectivity index (χ1v) is 8.64. The summed E-state index contributed by atoms with van der Waals surface area (Å²) in [6.07, 6.45) is 3.28. The number of ether oxygens (including phenoxy) is 2. The molecule has 1 aromatic carbocycles. The molecule has 4 atom stereocenters. The van der Waals surface area contributed by atoms with E-state index in [0.29, 0.717) is 0 Å². The maximum atomic E-state index is 12.4. The van der Waals surface area contributed by atoms with Gasteiger partial charge in [0.1, 0.15) is 0 Å². The Labute approximate surface area is 129 Å². The van der Waals surface area contributed by atoms with Crippen LogP contribution in [0.4, 0.5) is 0 Å². The first-order chi connectivity index (χ1) is 10.1. The molecular formula is C16H16O4Se. The maximum absolute atomic E-state index is 12.4. The van der Waals surface area contributed by atoms with E-state index in [9.17, 15) is 9.59 Å². The number of rotatable bonds is 3. The summed E-state index contributed by atoms with van der Waals surface area (Å²) in [5.74, 6) is -0.883. The molecular weight excluding hydrogens is 335 g/mol. The minimum atomic E-state index is -1.28. The van der Waals surface area contributed by atoms with Crippen LogP contribution in [0.2, 0.25) is 4.82 Å². The van der Waals surface area contributed by atoms with Gasteiger partial charge in [0.05, 0.1) is 0 Å². The summed E-state index contributed by atoms with van der Waals surface area (Å²) in [5.41, 5.74) is -1.28. The second kappa shape index (κ2) is 5.32. The van der Waals surface area contributed by atoms with Gasteiger partial charge in [-0.25, -0.2) is 0 Å². The molecule has 2 aliphatic heterocycles. The molecule has 0 amide bonds. The van der Waals surface area contributed by atoms with Gasteiger partial charge in [-0.05, 0) is 0 Å². The molecule has 110 valence electrons. The second-order valence-electron chi connectivity index (χ2n) is 5.30. The Morgan fingerprint density at radius 1 is 1.33 bits per heavy atom. The minimum absolute atomic E-state index is 0.0166. The van der Waals surface area contributed by atoms with Crippen LogP contribution >= 0.6 is 0 Å². The van der Waals surface area contributed by atoms with Crippen LogP contribution in [0, 0.1) is 11.3 Å². The zero-order valence-corrected chi connectivity index (χ0v) is 13.5. The van der Waals surface area contributed by atoms with Crippen LogP contribution in [0.5, 0.6) is 0 Å². The second-order valence-corrected chi connectivity index (χ2v) is 7.85. The van der Waals surface area contributed by atoms with Crippen LogP contribution in [-0.4, -0.2) is 40.1 Å². The van der Waals surface area contributed by atoms with E-state index in [-0.39, 0.29) is 31.8 Å². The quantitative estimate of drug-likeness (QED) is 0.354. The number of benzene rings is 1. The fourth-order valence-electron chi connectivity index (χ4n) is 2.94. The van der Waals surface area contributed by atoms with Crippen molar-refractivity contribution < 1.29 is 19.1 Å².